The summed E-state index contributed by atoms with van der Waals surface area (Å²) in [6.45, 7) is 3.68. The highest BCUT2D eigenvalue weighted by atomic mass is 32.2. The summed E-state index contributed by atoms with van der Waals surface area (Å²) in [4.78, 5) is 3.99. The van der Waals surface area contributed by atoms with Gasteiger partial charge in [0.2, 0.25) is 0 Å². The van der Waals surface area contributed by atoms with E-state index in [1.807, 2.05) is 11.8 Å². The van der Waals surface area contributed by atoms with Crippen molar-refractivity contribution in [2.24, 2.45) is 5.73 Å². The predicted octanol–water partition coefficient (Wildman–Crippen LogP) is 2.37. The molecule has 1 aromatic rings. The van der Waals surface area contributed by atoms with Crippen LogP contribution in [0.4, 0.5) is 0 Å². The van der Waals surface area contributed by atoms with E-state index in [2.05, 4.69) is 23.1 Å². The molecular formula is C16H22N2OS. The number of nitrogens with two attached hydrogens (primary N) is 1. The molecule has 0 bridgehead atoms. The van der Waals surface area contributed by atoms with Crippen LogP contribution < -0.4 is 5.73 Å². The fourth-order valence-corrected chi connectivity index (χ4v) is 4.32. The predicted molar refractivity (Wildman–Crippen MR) is 81.8 cm³/mol. The Kier molecular flexibility index (Phi) is 3.50. The second kappa shape index (κ2) is 5.34. The Labute approximate surface area is 124 Å². The summed E-state index contributed by atoms with van der Waals surface area (Å²) in [5.41, 5.74) is 9.03. The highest BCUT2D eigenvalue weighted by molar-refractivity contribution is 8.00. The van der Waals surface area contributed by atoms with Gasteiger partial charge in [-0.3, -0.25) is 4.90 Å². The molecule has 2 aliphatic heterocycles. The minimum atomic E-state index is 0.207. The van der Waals surface area contributed by atoms with E-state index >= 15 is 0 Å². The number of hydrogen-bond donors (Lipinski definition) is 1. The van der Waals surface area contributed by atoms with Crippen molar-refractivity contribution in [1.82, 2.24) is 4.90 Å². The van der Waals surface area contributed by atoms with Gasteiger partial charge in [0.05, 0.1) is 13.2 Å². The van der Waals surface area contributed by atoms with Crippen LogP contribution in [0.25, 0.3) is 0 Å². The highest BCUT2D eigenvalue weighted by Crippen LogP contribution is 2.40. The Morgan fingerprint density at radius 3 is 2.80 bits per heavy atom. The van der Waals surface area contributed by atoms with E-state index in [4.69, 9.17) is 10.5 Å². The first-order valence-electron chi connectivity index (χ1n) is 7.64. The van der Waals surface area contributed by atoms with Gasteiger partial charge < -0.3 is 10.5 Å². The number of hydrogen-bond acceptors (Lipinski definition) is 4. The lowest BCUT2D eigenvalue weighted by Crippen LogP contribution is -2.46. The first-order chi connectivity index (χ1) is 9.78. The Morgan fingerprint density at radius 2 is 2.00 bits per heavy atom. The monoisotopic (exact) mass is 290 g/mol. The Bertz CT molecular complexity index is 503. The fourth-order valence-electron chi connectivity index (χ4n) is 3.20. The van der Waals surface area contributed by atoms with E-state index in [-0.39, 0.29) is 6.04 Å². The van der Waals surface area contributed by atoms with Crippen LogP contribution in [0.2, 0.25) is 0 Å². The molecule has 1 aliphatic carbocycles. The number of fused-ring (bicyclic) bond motifs is 1. The molecule has 2 N–H and O–H groups in total. The van der Waals surface area contributed by atoms with Crippen LogP contribution in [-0.4, -0.2) is 35.4 Å². The van der Waals surface area contributed by atoms with Gasteiger partial charge in [0.1, 0.15) is 0 Å². The minimum Gasteiger partial charge on any atom is -0.378 e. The van der Waals surface area contributed by atoms with Gasteiger partial charge in [-0.2, -0.15) is 0 Å². The number of thioether (sulfide) groups is 1. The van der Waals surface area contributed by atoms with Crippen molar-refractivity contribution in [3.8, 4) is 0 Å². The zero-order valence-electron chi connectivity index (χ0n) is 11.8. The maximum atomic E-state index is 6.03. The van der Waals surface area contributed by atoms with Crippen molar-refractivity contribution in [3.63, 3.8) is 0 Å². The molecule has 0 spiro atoms. The largest absolute Gasteiger partial charge is 0.378 e. The normalized spacial score (nSPS) is 30.4. The third-order valence-corrected chi connectivity index (χ3v) is 5.82. The fraction of sp³-hybridized carbons (Fsp3) is 0.625. The summed E-state index contributed by atoms with van der Waals surface area (Å²) in [7, 11) is 0. The molecule has 3 aliphatic rings. The molecular weight excluding hydrogens is 268 g/mol. The maximum absolute atomic E-state index is 6.03. The van der Waals surface area contributed by atoms with Crippen LogP contribution >= 0.6 is 11.8 Å². The van der Waals surface area contributed by atoms with Crippen molar-refractivity contribution in [1.29, 1.82) is 0 Å². The van der Waals surface area contributed by atoms with Crippen LogP contribution in [0.15, 0.2) is 23.1 Å². The minimum absolute atomic E-state index is 0.207. The van der Waals surface area contributed by atoms with E-state index in [9.17, 15) is 0 Å². The topological polar surface area (TPSA) is 38.5 Å². The Morgan fingerprint density at radius 1 is 1.15 bits per heavy atom. The molecule has 108 valence electrons. The SMILES string of the molecule is NC1COCC(N2Cc3ccc(SC4CC4)cc3C2)C1. The van der Waals surface area contributed by atoms with Crippen molar-refractivity contribution in [2.75, 3.05) is 13.2 Å². The molecule has 2 unspecified atom stereocenters. The van der Waals surface area contributed by atoms with Gasteiger partial charge in [-0.1, -0.05) is 6.07 Å². The van der Waals surface area contributed by atoms with Gasteiger partial charge in [-0.25, -0.2) is 0 Å². The molecule has 20 heavy (non-hydrogen) atoms. The number of benzene rings is 1. The van der Waals surface area contributed by atoms with Crippen molar-refractivity contribution in [2.45, 2.75) is 54.6 Å². The summed E-state index contributed by atoms with van der Waals surface area (Å²) in [6, 6.07) is 7.73. The zero-order valence-corrected chi connectivity index (χ0v) is 12.6. The number of nitrogens with zero attached hydrogens (tertiary/aromatic N) is 1. The molecule has 2 heterocycles. The van der Waals surface area contributed by atoms with E-state index < -0.39 is 0 Å². The lowest BCUT2D eigenvalue weighted by molar-refractivity contribution is 0.00549. The summed E-state index contributed by atoms with van der Waals surface area (Å²) in [5.74, 6) is 0. The Hall–Kier alpha value is -0.550. The average molecular weight is 290 g/mol. The van der Waals surface area contributed by atoms with Crippen LogP contribution in [-0.2, 0) is 17.8 Å². The van der Waals surface area contributed by atoms with Crippen molar-refractivity contribution >= 4 is 11.8 Å². The van der Waals surface area contributed by atoms with Gasteiger partial charge in [0.25, 0.3) is 0 Å². The molecule has 3 nitrogen and oxygen atoms in total. The molecule has 0 radical (unpaired) electrons. The van der Waals surface area contributed by atoms with Gasteiger partial charge in [0.15, 0.2) is 0 Å². The van der Waals surface area contributed by atoms with Gasteiger partial charge >= 0.3 is 0 Å². The van der Waals surface area contributed by atoms with Gasteiger partial charge in [-0.15, -0.1) is 11.8 Å². The second-order valence-electron chi connectivity index (χ2n) is 6.34. The molecule has 1 saturated carbocycles. The molecule has 4 rings (SSSR count). The van der Waals surface area contributed by atoms with E-state index in [0.29, 0.717) is 6.04 Å². The van der Waals surface area contributed by atoms with Crippen LogP contribution in [0.5, 0.6) is 0 Å². The standard InChI is InChI=1S/C16H22N2OS/c17-13-6-14(10-19-9-13)18-7-11-1-2-16(5-12(11)8-18)20-15-3-4-15/h1-2,5,13-15H,3-4,6-10,17H2. The summed E-state index contributed by atoms with van der Waals surface area (Å²) >= 11 is 2.05. The molecule has 2 atom stereocenters. The summed E-state index contributed by atoms with van der Waals surface area (Å²) in [5, 5.41) is 0.885. The van der Waals surface area contributed by atoms with Crippen LogP contribution in [0.3, 0.4) is 0 Å². The van der Waals surface area contributed by atoms with E-state index in [0.717, 1.165) is 38.0 Å². The maximum Gasteiger partial charge on any atom is 0.0623 e. The van der Waals surface area contributed by atoms with Gasteiger partial charge in [0, 0.05) is 35.3 Å². The molecule has 0 aromatic heterocycles. The third-order valence-electron chi connectivity index (χ3n) is 4.49. The second-order valence-corrected chi connectivity index (χ2v) is 7.71. The van der Waals surface area contributed by atoms with Crippen LogP contribution in [0, 0.1) is 0 Å². The molecule has 1 saturated heterocycles. The molecule has 4 heteroatoms. The van der Waals surface area contributed by atoms with Crippen LogP contribution in [0.1, 0.15) is 30.4 Å². The quantitative estimate of drug-likeness (QED) is 0.927. The molecule has 2 fully saturated rings. The number of rotatable bonds is 3. The first kappa shape index (κ1) is 13.1. The van der Waals surface area contributed by atoms with Crippen molar-refractivity contribution < 1.29 is 4.74 Å². The molecule has 0 amide bonds. The van der Waals surface area contributed by atoms with Crippen molar-refractivity contribution in [3.05, 3.63) is 29.3 Å². The smallest absolute Gasteiger partial charge is 0.0623 e. The summed E-state index contributed by atoms with van der Waals surface area (Å²) < 4.78 is 5.62. The van der Waals surface area contributed by atoms with E-state index in [1.165, 1.54) is 28.9 Å². The molecule has 1 aromatic carbocycles. The van der Waals surface area contributed by atoms with E-state index in [1.54, 1.807) is 0 Å². The highest BCUT2D eigenvalue weighted by Gasteiger charge is 2.30. The Balaban J connectivity index is 1.45. The van der Waals surface area contributed by atoms with Gasteiger partial charge in [-0.05, 0) is 42.5 Å². The number of ether oxygens (including phenoxy) is 1. The lowest BCUT2D eigenvalue weighted by atomic mass is 10.1. The third kappa shape index (κ3) is 2.75. The first-order valence-corrected chi connectivity index (χ1v) is 8.52. The summed E-state index contributed by atoms with van der Waals surface area (Å²) in [6.07, 6.45) is 3.86. The average Bonchev–Trinajstić information content (AvgIpc) is 3.15. The lowest BCUT2D eigenvalue weighted by Gasteiger charge is -2.33. The zero-order chi connectivity index (χ0) is 13.5.